The Kier molecular flexibility index (Phi) is 2.15. The van der Waals surface area contributed by atoms with Gasteiger partial charge in [-0.1, -0.05) is 12.1 Å². The summed E-state index contributed by atoms with van der Waals surface area (Å²) in [5.74, 6) is 0.609. The van der Waals surface area contributed by atoms with Crippen molar-refractivity contribution in [2.24, 2.45) is 15.2 Å². The van der Waals surface area contributed by atoms with E-state index < -0.39 is 5.66 Å². The molecule has 1 aliphatic heterocycles. The first-order valence-corrected chi connectivity index (χ1v) is 4.56. The Labute approximate surface area is 87.7 Å². The molecule has 1 heterocycles. The van der Waals surface area contributed by atoms with Gasteiger partial charge in [0.25, 0.3) is 0 Å². The second-order valence-corrected chi connectivity index (χ2v) is 3.41. The van der Waals surface area contributed by atoms with E-state index in [1.807, 2.05) is 19.1 Å². The minimum Gasteiger partial charge on any atom is -0.494 e. The van der Waals surface area contributed by atoms with Crippen LogP contribution >= 0.6 is 0 Å². The van der Waals surface area contributed by atoms with Crippen molar-refractivity contribution in [3.05, 3.63) is 23.8 Å². The topological polar surface area (TPSA) is 72.3 Å². The van der Waals surface area contributed by atoms with E-state index in [1.165, 1.54) is 6.34 Å². The number of rotatable bonds is 2. The number of benzene rings is 1. The number of methoxy groups -OCH3 is 1. The van der Waals surface area contributed by atoms with Gasteiger partial charge in [0.1, 0.15) is 12.1 Å². The van der Waals surface area contributed by atoms with Crippen LogP contribution < -0.4 is 10.5 Å². The molecule has 5 heteroatoms. The number of hydrogen-bond acceptors (Lipinski definition) is 5. The third-order valence-electron chi connectivity index (χ3n) is 2.37. The molecule has 1 atom stereocenters. The Hall–Kier alpha value is -1.91. The molecule has 0 spiro atoms. The minimum absolute atomic E-state index is 0.577. The lowest BCUT2D eigenvalue weighted by Gasteiger charge is -2.19. The fourth-order valence-corrected chi connectivity index (χ4v) is 1.58. The van der Waals surface area contributed by atoms with Crippen LogP contribution in [0.5, 0.6) is 5.75 Å². The average molecular weight is 204 g/mol. The molecule has 0 amide bonds. The molecule has 78 valence electrons. The number of para-hydroxylation sites is 1. The number of hydrogen-bond donors (Lipinski definition) is 1. The van der Waals surface area contributed by atoms with Crippen LogP contribution in [0.2, 0.25) is 0 Å². The first-order valence-electron chi connectivity index (χ1n) is 4.56. The van der Waals surface area contributed by atoms with Crippen LogP contribution in [0.1, 0.15) is 12.5 Å². The van der Waals surface area contributed by atoms with Crippen LogP contribution in [0.15, 0.2) is 33.4 Å². The lowest BCUT2D eigenvalue weighted by molar-refractivity contribution is 0.393. The highest BCUT2D eigenvalue weighted by molar-refractivity contribution is 5.62. The van der Waals surface area contributed by atoms with Crippen molar-refractivity contribution in [3.63, 3.8) is 0 Å². The minimum atomic E-state index is -0.708. The van der Waals surface area contributed by atoms with Crippen LogP contribution in [-0.4, -0.2) is 13.4 Å². The summed E-state index contributed by atoms with van der Waals surface area (Å²) < 4.78 is 5.25. The SMILES string of the molecule is COc1c(N)cccc1C1(C)N=CN=N1. The van der Waals surface area contributed by atoms with Crippen LogP contribution in [0.4, 0.5) is 5.69 Å². The molecule has 2 N–H and O–H groups in total. The molecule has 1 aromatic rings. The third kappa shape index (κ3) is 1.45. The second-order valence-electron chi connectivity index (χ2n) is 3.41. The molecule has 0 fully saturated rings. The van der Waals surface area contributed by atoms with Gasteiger partial charge in [-0.25, -0.2) is 4.99 Å². The maximum Gasteiger partial charge on any atom is 0.198 e. The maximum atomic E-state index is 5.81. The van der Waals surface area contributed by atoms with Gasteiger partial charge < -0.3 is 10.5 Å². The van der Waals surface area contributed by atoms with Crippen molar-refractivity contribution in [2.75, 3.05) is 12.8 Å². The van der Waals surface area contributed by atoms with Crippen molar-refractivity contribution in [1.82, 2.24) is 0 Å². The fourth-order valence-electron chi connectivity index (χ4n) is 1.58. The van der Waals surface area contributed by atoms with Crippen LogP contribution in [0.25, 0.3) is 0 Å². The molecule has 2 rings (SSSR count). The molecule has 0 aliphatic carbocycles. The molecule has 1 unspecified atom stereocenters. The lowest BCUT2D eigenvalue weighted by atomic mass is 10.0. The summed E-state index contributed by atoms with van der Waals surface area (Å²) in [6.07, 6.45) is 1.43. The molecular formula is C10H12N4O. The first kappa shape index (κ1) is 9.64. The van der Waals surface area contributed by atoms with E-state index >= 15 is 0 Å². The zero-order valence-electron chi connectivity index (χ0n) is 8.64. The van der Waals surface area contributed by atoms with Crippen molar-refractivity contribution in [2.45, 2.75) is 12.6 Å². The van der Waals surface area contributed by atoms with Crippen LogP contribution in [0.3, 0.4) is 0 Å². The molecule has 5 nitrogen and oxygen atoms in total. The number of aliphatic imine (C=N–C) groups is 1. The van der Waals surface area contributed by atoms with Gasteiger partial charge in [-0.2, -0.15) is 5.11 Å². The van der Waals surface area contributed by atoms with Gasteiger partial charge in [0.15, 0.2) is 5.66 Å². The van der Waals surface area contributed by atoms with Crippen molar-refractivity contribution >= 4 is 12.0 Å². The van der Waals surface area contributed by atoms with Crippen molar-refractivity contribution in [3.8, 4) is 5.75 Å². The highest BCUT2D eigenvalue weighted by Crippen LogP contribution is 2.39. The Morgan fingerprint density at radius 1 is 1.40 bits per heavy atom. The van der Waals surface area contributed by atoms with Crippen LogP contribution in [0, 0.1) is 0 Å². The van der Waals surface area contributed by atoms with E-state index in [-0.39, 0.29) is 0 Å². The van der Waals surface area contributed by atoms with Gasteiger partial charge in [-0.15, -0.1) is 5.11 Å². The highest BCUT2D eigenvalue weighted by atomic mass is 16.5. The van der Waals surface area contributed by atoms with E-state index in [9.17, 15) is 0 Å². The number of nitrogens with two attached hydrogens (primary N) is 1. The summed E-state index contributed by atoms with van der Waals surface area (Å²) in [5, 5.41) is 7.81. The second kappa shape index (κ2) is 3.34. The molecule has 0 bridgehead atoms. The quantitative estimate of drug-likeness (QED) is 0.747. The van der Waals surface area contributed by atoms with E-state index in [1.54, 1.807) is 13.2 Å². The van der Waals surface area contributed by atoms with E-state index in [4.69, 9.17) is 10.5 Å². The summed E-state index contributed by atoms with van der Waals surface area (Å²) in [5.41, 5.74) is 6.50. The smallest absolute Gasteiger partial charge is 0.198 e. The Balaban J connectivity index is 2.57. The normalized spacial score (nSPS) is 23.3. The number of nitrogens with zero attached hydrogens (tertiary/aromatic N) is 3. The zero-order chi connectivity index (χ0) is 10.9. The monoisotopic (exact) mass is 204 g/mol. The molecule has 1 aromatic carbocycles. The lowest BCUT2D eigenvalue weighted by Crippen LogP contribution is -2.15. The summed E-state index contributed by atoms with van der Waals surface area (Å²) in [4.78, 5) is 4.19. The number of azo groups is 1. The van der Waals surface area contributed by atoms with Crippen molar-refractivity contribution in [1.29, 1.82) is 0 Å². The van der Waals surface area contributed by atoms with Gasteiger partial charge in [-0.3, -0.25) is 0 Å². The van der Waals surface area contributed by atoms with Gasteiger partial charge >= 0.3 is 0 Å². The molecule has 0 saturated heterocycles. The number of ether oxygens (including phenoxy) is 1. The van der Waals surface area contributed by atoms with Gasteiger partial charge in [0, 0.05) is 5.56 Å². The van der Waals surface area contributed by atoms with Gasteiger partial charge in [0.2, 0.25) is 0 Å². The standard InChI is InChI=1S/C10H12N4O/c1-10(12-6-13-14-10)7-4-3-5-8(11)9(7)15-2/h3-6H,11H2,1-2H3. The molecule has 15 heavy (non-hydrogen) atoms. The Morgan fingerprint density at radius 2 is 2.20 bits per heavy atom. The summed E-state index contributed by atoms with van der Waals surface area (Å²) in [7, 11) is 1.58. The predicted octanol–water partition coefficient (Wildman–Crippen LogP) is 1.94. The van der Waals surface area contributed by atoms with Gasteiger partial charge in [-0.05, 0) is 13.0 Å². The number of anilines is 1. The Bertz CT molecular complexity index is 427. The largest absolute Gasteiger partial charge is 0.494 e. The number of nitrogen functional groups attached to an aromatic ring is 1. The average Bonchev–Trinajstić information content (AvgIpc) is 2.66. The Morgan fingerprint density at radius 3 is 2.80 bits per heavy atom. The molecule has 0 radical (unpaired) electrons. The van der Waals surface area contributed by atoms with Gasteiger partial charge in [0.05, 0.1) is 12.8 Å². The summed E-state index contributed by atoms with van der Waals surface area (Å²) >= 11 is 0. The third-order valence-corrected chi connectivity index (χ3v) is 2.37. The van der Waals surface area contributed by atoms with E-state index in [0.717, 1.165) is 5.56 Å². The summed E-state index contributed by atoms with van der Waals surface area (Å²) in [6, 6.07) is 5.51. The van der Waals surface area contributed by atoms with Crippen molar-refractivity contribution < 1.29 is 4.74 Å². The first-order chi connectivity index (χ1) is 7.17. The summed E-state index contributed by atoms with van der Waals surface area (Å²) in [6.45, 7) is 1.86. The molecule has 1 aliphatic rings. The predicted molar refractivity (Wildman–Crippen MR) is 58.1 cm³/mol. The zero-order valence-corrected chi connectivity index (χ0v) is 8.64. The fraction of sp³-hybridized carbons (Fsp3) is 0.300. The van der Waals surface area contributed by atoms with E-state index in [0.29, 0.717) is 11.4 Å². The maximum absolute atomic E-state index is 5.81. The highest BCUT2D eigenvalue weighted by Gasteiger charge is 2.31. The molecule has 0 saturated carbocycles. The van der Waals surface area contributed by atoms with E-state index in [2.05, 4.69) is 15.2 Å². The van der Waals surface area contributed by atoms with Crippen LogP contribution in [-0.2, 0) is 5.66 Å². The molecule has 0 aromatic heterocycles. The molecular weight excluding hydrogens is 192 g/mol.